The molecule has 0 fully saturated rings. The molecule has 0 saturated heterocycles. The van der Waals surface area contributed by atoms with Gasteiger partial charge in [0.1, 0.15) is 0 Å². The van der Waals surface area contributed by atoms with Crippen molar-refractivity contribution in [1.82, 2.24) is 4.98 Å². The Bertz CT molecular complexity index is 392. The zero-order valence-corrected chi connectivity index (χ0v) is 7.77. The first kappa shape index (κ1) is 8.91. The van der Waals surface area contributed by atoms with Crippen molar-refractivity contribution in [3.8, 4) is 11.3 Å². The third-order valence-corrected chi connectivity index (χ3v) is 2.10. The molecule has 1 radical (unpaired) electrons. The average molecular weight is 183 g/mol. The Morgan fingerprint density at radius 3 is 2.50 bits per heavy atom. The van der Waals surface area contributed by atoms with E-state index in [1.54, 1.807) is 6.07 Å². The van der Waals surface area contributed by atoms with E-state index in [1.165, 1.54) is 0 Å². The molecule has 2 rings (SSSR count). The van der Waals surface area contributed by atoms with Crippen LogP contribution < -0.4 is 5.73 Å². The molecule has 2 heteroatoms. The molecule has 0 aliphatic heterocycles. The van der Waals surface area contributed by atoms with Crippen molar-refractivity contribution in [2.24, 2.45) is 5.73 Å². The van der Waals surface area contributed by atoms with Gasteiger partial charge in [0, 0.05) is 12.1 Å². The van der Waals surface area contributed by atoms with Gasteiger partial charge in [0.2, 0.25) is 0 Å². The van der Waals surface area contributed by atoms with Crippen LogP contribution in [0.1, 0.15) is 5.56 Å². The van der Waals surface area contributed by atoms with Crippen LogP contribution in [0.4, 0.5) is 0 Å². The molecule has 0 amide bonds. The fraction of sp³-hybridized carbons (Fsp3) is 0.0833. The molecule has 2 N–H and O–H groups in total. The molecular formula is C12H11N2. The van der Waals surface area contributed by atoms with Crippen LogP contribution in [-0.4, -0.2) is 4.98 Å². The first-order chi connectivity index (χ1) is 6.90. The first-order valence-electron chi connectivity index (χ1n) is 4.52. The number of pyridine rings is 1. The number of hydrogen-bond donors (Lipinski definition) is 1. The Morgan fingerprint density at radius 1 is 1.14 bits per heavy atom. The zero-order chi connectivity index (χ0) is 9.80. The van der Waals surface area contributed by atoms with Gasteiger partial charge in [-0.2, -0.15) is 0 Å². The number of benzene rings is 1. The predicted molar refractivity (Wildman–Crippen MR) is 56.4 cm³/mol. The van der Waals surface area contributed by atoms with Gasteiger partial charge >= 0.3 is 0 Å². The van der Waals surface area contributed by atoms with E-state index in [2.05, 4.69) is 11.2 Å². The highest BCUT2D eigenvalue weighted by molar-refractivity contribution is 5.58. The molecule has 0 unspecified atom stereocenters. The van der Waals surface area contributed by atoms with Crippen molar-refractivity contribution in [2.45, 2.75) is 6.54 Å². The Morgan fingerprint density at radius 2 is 1.93 bits per heavy atom. The van der Waals surface area contributed by atoms with Crippen molar-refractivity contribution >= 4 is 0 Å². The van der Waals surface area contributed by atoms with Crippen molar-refractivity contribution in [1.29, 1.82) is 0 Å². The van der Waals surface area contributed by atoms with Crippen LogP contribution in [0.25, 0.3) is 11.3 Å². The Labute approximate surface area is 83.4 Å². The van der Waals surface area contributed by atoms with Crippen molar-refractivity contribution in [3.05, 3.63) is 54.2 Å². The van der Waals surface area contributed by atoms with Crippen LogP contribution >= 0.6 is 0 Å². The summed E-state index contributed by atoms with van der Waals surface area (Å²) in [6.07, 6.45) is 2.81. The summed E-state index contributed by atoms with van der Waals surface area (Å²) >= 11 is 0. The maximum absolute atomic E-state index is 5.52. The van der Waals surface area contributed by atoms with Gasteiger partial charge in [0.05, 0.1) is 11.9 Å². The molecule has 0 bridgehead atoms. The lowest BCUT2D eigenvalue weighted by Crippen LogP contribution is -1.95. The lowest BCUT2D eigenvalue weighted by Gasteiger charge is -2.01. The normalized spacial score (nSPS) is 10.1. The molecule has 2 aromatic rings. The molecule has 14 heavy (non-hydrogen) atoms. The van der Waals surface area contributed by atoms with Crippen LogP contribution in [0.2, 0.25) is 0 Å². The lowest BCUT2D eigenvalue weighted by molar-refractivity contribution is 1.07. The van der Waals surface area contributed by atoms with Crippen molar-refractivity contribution in [3.63, 3.8) is 0 Å². The van der Waals surface area contributed by atoms with Gasteiger partial charge in [-0.05, 0) is 17.7 Å². The Balaban J connectivity index is 2.34. The second kappa shape index (κ2) is 4.03. The van der Waals surface area contributed by atoms with Gasteiger partial charge < -0.3 is 5.73 Å². The molecule has 0 aliphatic carbocycles. The van der Waals surface area contributed by atoms with Crippen LogP contribution in [0.15, 0.2) is 42.5 Å². The van der Waals surface area contributed by atoms with Crippen LogP contribution in [0, 0.1) is 6.20 Å². The maximum atomic E-state index is 5.52. The quantitative estimate of drug-likeness (QED) is 0.773. The van der Waals surface area contributed by atoms with E-state index in [0.717, 1.165) is 16.8 Å². The van der Waals surface area contributed by atoms with Gasteiger partial charge in [-0.1, -0.05) is 30.3 Å². The standard InChI is InChI=1S/C12H11N2/c13-9-10-4-6-11(7-5-10)12-3-1-2-8-14-12/h1-7H,9,13H2. The maximum Gasteiger partial charge on any atom is 0.0893 e. The summed E-state index contributed by atoms with van der Waals surface area (Å²) in [5, 5.41) is 0. The molecule has 1 aromatic carbocycles. The molecule has 2 nitrogen and oxygen atoms in total. The number of nitrogens with two attached hydrogens (primary N) is 1. The van der Waals surface area contributed by atoms with E-state index in [1.807, 2.05) is 36.4 Å². The monoisotopic (exact) mass is 183 g/mol. The fourth-order valence-electron chi connectivity index (χ4n) is 1.30. The smallest absolute Gasteiger partial charge is 0.0893 e. The first-order valence-corrected chi connectivity index (χ1v) is 4.52. The summed E-state index contributed by atoms with van der Waals surface area (Å²) in [6.45, 7) is 0.578. The van der Waals surface area contributed by atoms with Gasteiger partial charge in [0.15, 0.2) is 0 Å². The van der Waals surface area contributed by atoms with E-state index in [0.29, 0.717) is 6.54 Å². The molecule has 0 aliphatic rings. The van der Waals surface area contributed by atoms with E-state index in [-0.39, 0.29) is 0 Å². The van der Waals surface area contributed by atoms with Crippen molar-refractivity contribution in [2.75, 3.05) is 0 Å². The lowest BCUT2D eigenvalue weighted by atomic mass is 10.1. The van der Waals surface area contributed by atoms with E-state index in [9.17, 15) is 0 Å². The van der Waals surface area contributed by atoms with Gasteiger partial charge in [0.25, 0.3) is 0 Å². The molecular weight excluding hydrogens is 172 g/mol. The molecule has 69 valence electrons. The van der Waals surface area contributed by atoms with Crippen LogP contribution in [-0.2, 0) is 6.54 Å². The highest BCUT2D eigenvalue weighted by Crippen LogP contribution is 2.16. The van der Waals surface area contributed by atoms with E-state index in [4.69, 9.17) is 5.73 Å². The Hall–Kier alpha value is -1.67. The Kier molecular flexibility index (Phi) is 2.56. The van der Waals surface area contributed by atoms with Gasteiger partial charge in [-0.3, -0.25) is 0 Å². The van der Waals surface area contributed by atoms with Crippen molar-refractivity contribution < 1.29 is 0 Å². The number of hydrogen-bond acceptors (Lipinski definition) is 2. The molecule has 0 spiro atoms. The zero-order valence-electron chi connectivity index (χ0n) is 7.77. The van der Waals surface area contributed by atoms with E-state index < -0.39 is 0 Å². The molecule has 1 aromatic heterocycles. The summed E-state index contributed by atoms with van der Waals surface area (Å²) in [7, 11) is 0. The number of nitrogens with zero attached hydrogens (tertiary/aromatic N) is 1. The summed E-state index contributed by atoms with van der Waals surface area (Å²) in [5.74, 6) is 0. The summed E-state index contributed by atoms with van der Waals surface area (Å²) in [4.78, 5) is 4.15. The van der Waals surface area contributed by atoms with Gasteiger partial charge in [-0.25, -0.2) is 4.98 Å². The molecule has 1 heterocycles. The number of rotatable bonds is 2. The average Bonchev–Trinajstić information content (AvgIpc) is 2.30. The highest BCUT2D eigenvalue weighted by atomic mass is 14.7. The minimum absolute atomic E-state index is 0.578. The molecule has 0 atom stereocenters. The fourth-order valence-corrected chi connectivity index (χ4v) is 1.30. The number of aromatic nitrogens is 1. The third-order valence-electron chi connectivity index (χ3n) is 2.10. The minimum Gasteiger partial charge on any atom is -0.326 e. The summed E-state index contributed by atoms with van der Waals surface area (Å²) in [5.41, 5.74) is 8.69. The predicted octanol–water partition coefficient (Wildman–Crippen LogP) is 2.01. The summed E-state index contributed by atoms with van der Waals surface area (Å²) in [6, 6.07) is 13.8. The topological polar surface area (TPSA) is 38.9 Å². The van der Waals surface area contributed by atoms with Crippen LogP contribution in [0.5, 0.6) is 0 Å². The second-order valence-corrected chi connectivity index (χ2v) is 3.05. The van der Waals surface area contributed by atoms with Gasteiger partial charge in [-0.15, -0.1) is 0 Å². The largest absolute Gasteiger partial charge is 0.326 e. The SMILES string of the molecule is NCc1ccc(-c2ccc[c]n2)cc1. The van der Waals surface area contributed by atoms with E-state index >= 15 is 0 Å². The third kappa shape index (κ3) is 1.80. The minimum atomic E-state index is 0.578. The van der Waals surface area contributed by atoms with Crippen LogP contribution in [0.3, 0.4) is 0 Å². The second-order valence-electron chi connectivity index (χ2n) is 3.05. The summed E-state index contributed by atoms with van der Waals surface area (Å²) < 4.78 is 0. The molecule has 0 saturated carbocycles. The highest BCUT2D eigenvalue weighted by Gasteiger charge is 1.96.